The summed E-state index contributed by atoms with van der Waals surface area (Å²) >= 11 is 5.84. The average molecular weight is 222 g/mol. The molecular formula is C10H8ClN3O. The fourth-order valence-electron chi connectivity index (χ4n) is 1.30. The fraction of sp³-hybridized carbons (Fsp3) is 0. The second kappa shape index (κ2) is 4.14. The number of rotatable bonds is 2. The van der Waals surface area contributed by atoms with Crippen LogP contribution in [0.5, 0.6) is 0 Å². The molecule has 76 valence electrons. The molecule has 0 radical (unpaired) electrons. The van der Waals surface area contributed by atoms with Gasteiger partial charge in [-0.25, -0.2) is 4.98 Å². The van der Waals surface area contributed by atoms with Crippen molar-refractivity contribution in [1.29, 1.82) is 0 Å². The first-order valence-electron chi connectivity index (χ1n) is 4.28. The molecule has 1 aromatic carbocycles. The van der Waals surface area contributed by atoms with Crippen LogP contribution in [0.25, 0.3) is 5.69 Å². The van der Waals surface area contributed by atoms with E-state index in [1.807, 2.05) is 30.3 Å². The highest BCUT2D eigenvalue weighted by atomic mass is 35.5. The van der Waals surface area contributed by atoms with E-state index in [-0.39, 0.29) is 0 Å². The van der Waals surface area contributed by atoms with Gasteiger partial charge in [-0.1, -0.05) is 35.0 Å². The summed E-state index contributed by atoms with van der Waals surface area (Å²) in [5.41, 5.74) is 1.46. The maximum atomic E-state index is 8.50. The van der Waals surface area contributed by atoms with E-state index in [1.54, 1.807) is 10.9 Å². The van der Waals surface area contributed by atoms with Crippen molar-refractivity contribution in [1.82, 2.24) is 9.55 Å². The lowest BCUT2D eigenvalue weighted by molar-refractivity contribution is 0.321. The number of halogens is 1. The molecule has 1 aromatic heterocycles. The number of para-hydroxylation sites is 1. The Morgan fingerprint density at radius 1 is 1.33 bits per heavy atom. The third-order valence-electron chi connectivity index (χ3n) is 1.97. The Labute approximate surface area is 91.4 Å². The van der Waals surface area contributed by atoms with E-state index in [4.69, 9.17) is 16.8 Å². The van der Waals surface area contributed by atoms with E-state index in [0.717, 1.165) is 5.69 Å². The van der Waals surface area contributed by atoms with Gasteiger partial charge in [-0.05, 0) is 12.1 Å². The Kier molecular flexibility index (Phi) is 2.69. The molecule has 0 fully saturated rings. The van der Waals surface area contributed by atoms with Gasteiger partial charge in [0.15, 0.2) is 5.15 Å². The monoisotopic (exact) mass is 221 g/mol. The van der Waals surface area contributed by atoms with Crippen LogP contribution in [0.3, 0.4) is 0 Å². The topological polar surface area (TPSA) is 50.4 Å². The van der Waals surface area contributed by atoms with Crippen molar-refractivity contribution >= 4 is 17.8 Å². The summed E-state index contributed by atoms with van der Waals surface area (Å²) in [5.74, 6) is 0. The number of hydrogen-bond donors (Lipinski definition) is 1. The third kappa shape index (κ3) is 1.85. The summed E-state index contributed by atoms with van der Waals surface area (Å²) in [6.07, 6.45) is 2.83. The van der Waals surface area contributed by atoms with Crippen LogP contribution in [-0.2, 0) is 0 Å². The molecule has 0 saturated carbocycles. The van der Waals surface area contributed by atoms with Crippen LogP contribution in [0.15, 0.2) is 41.8 Å². The predicted octanol–water partition coefficient (Wildman–Crippen LogP) is 2.33. The molecule has 1 heterocycles. The molecule has 0 bridgehead atoms. The summed E-state index contributed by atoms with van der Waals surface area (Å²) in [6, 6.07) is 9.55. The van der Waals surface area contributed by atoms with E-state index in [0.29, 0.717) is 10.8 Å². The van der Waals surface area contributed by atoms with Crippen molar-refractivity contribution in [3.8, 4) is 5.69 Å². The van der Waals surface area contributed by atoms with Gasteiger partial charge < -0.3 is 5.21 Å². The zero-order chi connectivity index (χ0) is 10.7. The highest BCUT2D eigenvalue weighted by Crippen LogP contribution is 2.16. The van der Waals surface area contributed by atoms with Crippen molar-refractivity contribution in [2.75, 3.05) is 0 Å². The van der Waals surface area contributed by atoms with Crippen LogP contribution >= 0.6 is 11.6 Å². The number of hydrogen-bond acceptors (Lipinski definition) is 3. The molecule has 0 aliphatic rings. The van der Waals surface area contributed by atoms with Crippen LogP contribution in [0.1, 0.15) is 5.69 Å². The van der Waals surface area contributed by atoms with Crippen LogP contribution < -0.4 is 0 Å². The summed E-state index contributed by atoms with van der Waals surface area (Å²) in [4.78, 5) is 3.94. The second-order valence-corrected chi connectivity index (χ2v) is 3.23. The summed E-state index contributed by atoms with van der Waals surface area (Å²) < 4.78 is 1.74. The number of oxime groups is 1. The number of aromatic nitrogens is 2. The van der Waals surface area contributed by atoms with E-state index in [2.05, 4.69) is 10.1 Å². The van der Waals surface area contributed by atoms with Gasteiger partial charge in [0.25, 0.3) is 0 Å². The zero-order valence-corrected chi connectivity index (χ0v) is 8.46. The van der Waals surface area contributed by atoms with Crippen LogP contribution in [0.2, 0.25) is 5.15 Å². The molecular weight excluding hydrogens is 214 g/mol. The van der Waals surface area contributed by atoms with Gasteiger partial charge in [0.05, 0.1) is 6.21 Å². The fourth-order valence-corrected chi connectivity index (χ4v) is 1.48. The number of nitrogens with zero attached hydrogens (tertiary/aromatic N) is 3. The molecule has 0 saturated heterocycles. The molecule has 0 amide bonds. The van der Waals surface area contributed by atoms with Crippen LogP contribution in [0, 0.1) is 0 Å². The summed E-state index contributed by atoms with van der Waals surface area (Å²) in [6.45, 7) is 0. The SMILES string of the molecule is O/N=C/c1c(Cl)ncn1-c1ccccc1. The Morgan fingerprint density at radius 3 is 2.73 bits per heavy atom. The highest BCUT2D eigenvalue weighted by Gasteiger charge is 2.07. The molecule has 15 heavy (non-hydrogen) atoms. The minimum absolute atomic E-state index is 0.302. The first-order chi connectivity index (χ1) is 7.33. The number of benzene rings is 1. The molecule has 4 nitrogen and oxygen atoms in total. The summed E-state index contributed by atoms with van der Waals surface area (Å²) in [7, 11) is 0. The minimum Gasteiger partial charge on any atom is -0.411 e. The maximum Gasteiger partial charge on any atom is 0.156 e. The van der Waals surface area contributed by atoms with Gasteiger partial charge in [0.1, 0.15) is 12.0 Å². The van der Waals surface area contributed by atoms with E-state index < -0.39 is 0 Å². The summed E-state index contributed by atoms with van der Waals surface area (Å²) in [5, 5.41) is 11.8. The molecule has 2 aromatic rings. The normalized spacial score (nSPS) is 11.0. The molecule has 0 atom stereocenters. The van der Waals surface area contributed by atoms with Gasteiger partial charge in [-0.3, -0.25) is 4.57 Å². The van der Waals surface area contributed by atoms with Crippen molar-refractivity contribution in [2.24, 2.45) is 5.16 Å². The minimum atomic E-state index is 0.302. The van der Waals surface area contributed by atoms with E-state index in [9.17, 15) is 0 Å². The molecule has 5 heteroatoms. The van der Waals surface area contributed by atoms with Crippen molar-refractivity contribution < 1.29 is 5.21 Å². The molecule has 1 N–H and O–H groups in total. The lowest BCUT2D eigenvalue weighted by atomic mass is 10.3. The Balaban J connectivity index is 2.54. The molecule has 2 rings (SSSR count). The first-order valence-corrected chi connectivity index (χ1v) is 4.66. The first kappa shape index (κ1) is 9.73. The van der Waals surface area contributed by atoms with E-state index >= 15 is 0 Å². The van der Waals surface area contributed by atoms with Crippen molar-refractivity contribution in [2.45, 2.75) is 0 Å². The van der Waals surface area contributed by atoms with Crippen LogP contribution in [-0.4, -0.2) is 21.0 Å². The van der Waals surface area contributed by atoms with Crippen molar-refractivity contribution in [3.63, 3.8) is 0 Å². The standard InChI is InChI=1S/C10H8ClN3O/c11-10-9(6-13-15)14(7-12-10)8-4-2-1-3-5-8/h1-7,15H/b13-6+. The smallest absolute Gasteiger partial charge is 0.156 e. The molecule has 0 unspecified atom stereocenters. The quantitative estimate of drug-likeness (QED) is 0.481. The van der Waals surface area contributed by atoms with E-state index in [1.165, 1.54) is 6.21 Å². The Hall–Kier alpha value is -1.81. The van der Waals surface area contributed by atoms with Gasteiger partial charge in [-0.2, -0.15) is 0 Å². The lowest BCUT2D eigenvalue weighted by Crippen LogP contribution is -1.97. The Morgan fingerprint density at radius 2 is 2.07 bits per heavy atom. The number of imidazole rings is 1. The molecule has 0 spiro atoms. The molecule has 0 aliphatic heterocycles. The maximum absolute atomic E-state index is 8.50. The second-order valence-electron chi connectivity index (χ2n) is 2.87. The van der Waals surface area contributed by atoms with Crippen LogP contribution in [0.4, 0.5) is 0 Å². The van der Waals surface area contributed by atoms with Gasteiger partial charge in [0, 0.05) is 5.69 Å². The molecule has 0 aliphatic carbocycles. The zero-order valence-electron chi connectivity index (χ0n) is 7.71. The lowest BCUT2D eigenvalue weighted by Gasteiger charge is -2.03. The van der Waals surface area contributed by atoms with Gasteiger partial charge in [-0.15, -0.1) is 0 Å². The van der Waals surface area contributed by atoms with Gasteiger partial charge in [0.2, 0.25) is 0 Å². The van der Waals surface area contributed by atoms with Gasteiger partial charge >= 0.3 is 0 Å². The third-order valence-corrected chi connectivity index (χ3v) is 2.26. The largest absolute Gasteiger partial charge is 0.411 e. The highest BCUT2D eigenvalue weighted by molar-refractivity contribution is 6.31. The average Bonchev–Trinajstić information content (AvgIpc) is 2.63. The Bertz CT molecular complexity index is 479. The predicted molar refractivity (Wildman–Crippen MR) is 58.0 cm³/mol. The van der Waals surface area contributed by atoms with Crippen molar-refractivity contribution in [3.05, 3.63) is 47.5 Å².